The average Bonchev–Trinajstić information content (AvgIpc) is 2.24. The van der Waals surface area contributed by atoms with Crippen molar-refractivity contribution in [2.75, 3.05) is 13.6 Å². The lowest BCUT2D eigenvalue weighted by Gasteiger charge is -2.40. The lowest BCUT2D eigenvalue weighted by Crippen LogP contribution is -2.45. The summed E-state index contributed by atoms with van der Waals surface area (Å²) in [5.41, 5.74) is 1.62. The van der Waals surface area contributed by atoms with E-state index in [0.29, 0.717) is 6.54 Å². The number of aliphatic hydroxyl groups is 2. The Bertz CT molecular complexity index is 410. The van der Waals surface area contributed by atoms with Crippen molar-refractivity contribution in [1.82, 2.24) is 4.90 Å². The summed E-state index contributed by atoms with van der Waals surface area (Å²) in [4.78, 5) is 1.80. The highest BCUT2D eigenvalue weighted by Crippen LogP contribution is 2.36. The van der Waals surface area contributed by atoms with Gasteiger partial charge in [-0.3, -0.25) is 4.90 Å². The third-order valence-corrected chi connectivity index (χ3v) is 3.09. The number of nitrogens with zero attached hydrogens (tertiary/aromatic N) is 1. The van der Waals surface area contributed by atoms with Gasteiger partial charge in [0.1, 0.15) is 5.72 Å². The fraction of sp³-hybridized carbons (Fsp3) is 0.333. The van der Waals surface area contributed by atoms with E-state index in [1.165, 1.54) is 0 Å². The minimum atomic E-state index is -0.969. The number of fused-ring (bicyclic) bond motifs is 1. The van der Waals surface area contributed by atoms with Crippen molar-refractivity contribution < 1.29 is 10.2 Å². The summed E-state index contributed by atoms with van der Waals surface area (Å²) in [7, 11) is 1.83. The number of hydrogen-bond donors (Lipinski definition) is 2. The van der Waals surface area contributed by atoms with Crippen molar-refractivity contribution in [2.24, 2.45) is 0 Å². The molecule has 1 aromatic rings. The predicted octanol–water partition coefficient (Wildman–Crippen LogP) is 1.70. The van der Waals surface area contributed by atoms with Crippen LogP contribution in [-0.2, 0) is 5.72 Å². The molecule has 0 amide bonds. The lowest BCUT2D eigenvalue weighted by atomic mass is 9.88. The maximum Gasteiger partial charge on any atom is 0.142 e. The van der Waals surface area contributed by atoms with Gasteiger partial charge in [0.2, 0.25) is 0 Å². The molecule has 2 N–H and O–H groups in total. The normalized spacial score (nSPS) is 29.1. The molecule has 0 aliphatic carbocycles. The Hall–Kier alpha value is -1.32. The van der Waals surface area contributed by atoms with Crippen molar-refractivity contribution in [3.63, 3.8) is 0 Å². The SMILES string of the molecule is CN1C/C(=C/O)c2ccccc2C1(C)O. The topological polar surface area (TPSA) is 43.7 Å². The van der Waals surface area contributed by atoms with E-state index in [1.807, 2.05) is 31.3 Å². The fourth-order valence-electron chi connectivity index (χ4n) is 1.99. The first-order chi connectivity index (χ1) is 7.07. The zero-order chi connectivity index (χ0) is 11.1. The van der Waals surface area contributed by atoms with Gasteiger partial charge >= 0.3 is 0 Å². The minimum Gasteiger partial charge on any atom is -0.515 e. The molecule has 0 spiro atoms. The standard InChI is InChI=1S/C12H15NO2/c1-12(15)11-6-4-3-5-10(11)9(8-14)7-13(12)2/h3-6,8,14-15H,7H2,1-2H3/b9-8-. The van der Waals surface area contributed by atoms with Crippen LogP contribution in [-0.4, -0.2) is 28.7 Å². The van der Waals surface area contributed by atoms with Gasteiger partial charge in [-0.15, -0.1) is 0 Å². The fourth-order valence-corrected chi connectivity index (χ4v) is 1.99. The molecule has 1 atom stereocenters. The van der Waals surface area contributed by atoms with Crippen LogP contribution in [0, 0.1) is 0 Å². The summed E-state index contributed by atoms with van der Waals surface area (Å²) in [5, 5.41) is 19.5. The molecule has 1 aliphatic heterocycles. The second-order valence-corrected chi connectivity index (χ2v) is 4.08. The molecule has 0 aromatic heterocycles. The average molecular weight is 205 g/mol. The van der Waals surface area contributed by atoms with E-state index in [9.17, 15) is 5.11 Å². The van der Waals surface area contributed by atoms with E-state index in [2.05, 4.69) is 0 Å². The third-order valence-electron chi connectivity index (χ3n) is 3.09. The molecule has 1 heterocycles. The molecule has 1 aromatic carbocycles. The van der Waals surface area contributed by atoms with Crippen LogP contribution in [0.2, 0.25) is 0 Å². The van der Waals surface area contributed by atoms with Crippen LogP contribution in [0.1, 0.15) is 18.1 Å². The summed E-state index contributed by atoms with van der Waals surface area (Å²) >= 11 is 0. The van der Waals surface area contributed by atoms with Crippen molar-refractivity contribution in [3.8, 4) is 0 Å². The number of likely N-dealkylation sites (N-methyl/N-ethyl adjacent to an activating group) is 1. The summed E-state index contributed by atoms with van der Waals surface area (Å²) < 4.78 is 0. The zero-order valence-corrected chi connectivity index (χ0v) is 8.94. The van der Waals surface area contributed by atoms with E-state index >= 15 is 0 Å². The molecule has 0 radical (unpaired) electrons. The van der Waals surface area contributed by atoms with E-state index in [1.54, 1.807) is 11.8 Å². The number of benzene rings is 1. The Balaban J connectivity index is 2.64. The largest absolute Gasteiger partial charge is 0.515 e. The second-order valence-electron chi connectivity index (χ2n) is 4.08. The van der Waals surface area contributed by atoms with Crippen LogP contribution in [0.3, 0.4) is 0 Å². The Kier molecular flexibility index (Phi) is 2.29. The van der Waals surface area contributed by atoms with E-state index in [0.717, 1.165) is 23.0 Å². The summed E-state index contributed by atoms with van der Waals surface area (Å²) in [6.07, 6.45) is 1.12. The lowest BCUT2D eigenvalue weighted by molar-refractivity contribution is -0.0833. The molecule has 1 aliphatic rings. The zero-order valence-electron chi connectivity index (χ0n) is 8.94. The van der Waals surface area contributed by atoms with Gasteiger partial charge in [0, 0.05) is 17.7 Å². The van der Waals surface area contributed by atoms with Gasteiger partial charge in [0.05, 0.1) is 6.26 Å². The van der Waals surface area contributed by atoms with Crippen LogP contribution in [0.25, 0.3) is 5.57 Å². The molecule has 0 fully saturated rings. The molecule has 0 bridgehead atoms. The van der Waals surface area contributed by atoms with Gasteiger partial charge in [0.25, 0.3) is 0 Å². The molecular weight excluding hydrogens is 190 g/mol. The molecule has 3 nitrogen and oxygen atoms in total. The highest BCUT2D eigenvalue weighted by molar-refractivity contribution is 5.71. The quantitative estimate of drug-likeness (QED) is 0.633. The monoisotopic (exact) mass is 205 g/mol. The maximum absolute atomic E-state index is 10.3. The van der Waals surface area contributed by atoms with Crippen LogP contribution in [0.4, 0.5) is 0 Å². The van der Waals surface area contributed by atoms with Crippen LogP contribution in [0.15, 0.2) is 30.5 Å². The van der Waals surface area contributed by atoms with Gasteiger partial charge in [-0.1, -0.05) is 24.3 Å². The van der Waals surface area contributed by atoms with Gasteiger partial charge in [0.15, 0.2) is 0 Å². The summed E-state index contributed by atoms with van der Waals surface area (Å²) in [5.74, 6) is 0. The van der Waals surface area contributed by atoms with Crippen molar-refractivity contribution in [3.05, 3.63) is 41.7 Å². The number of rotatable bonds is 0. The first-order valence-corrected chi connectivity index (χ1v) is 4.94. The smallest absolute Gasteiger partial charge is 0.142 e. The van der Waals surface area contributed by atoms with E-state index < -0.39 is 5.72 Å². The van der Waals surface area contributed by atoms with E-state index in [4.69, 9.17) is 5.11 Å². The molecule has 15 heavy (non-hydrogen) atoms. The molecule has 0 saturated carbocycles. The minimum absolute atomic E-state index is 0.542. The Morgan fingerprint density at radius 2 is 2.07 bits per heavy atom. The highest BCUT2D eigenvalue weighted by Gasteiger charge is 2.35. The summed E-state index contributed by atoms with van der Waals surface area (Å²) in [6, 6.07) is 7.60. The van der Waals surface area contributed by atoms with Crippen LogP contribution < -0.4 is 0 Å². The Morgan fingerprint density at radius 3 is 2.73 bits per heavy atom. The van der Waals surface area contributed by atoms with Crippen LogP contribution >= 0.6 is 0 Å². The van der Waals surface area contributed by atoms with Gasteiger partial charge in [-0.2, -0.15) is 0 Å². The Labute approximate surface area is 89.3 Å². The summed E-state index contributed by atoms with van der Waals surface area (Å²) in [6.45, 7) is 2.31. The number of aliphatic hydroxyl groups excluding tert-OH is 1. The Morgan fingerprint density at radius 1 is 1.40 bits per heavy atom. The third kappa shape index (κ3) is 1.44. The van der Waals surface area contributed by atoms with Crippen molar-refractivity contribution in [2.45, 2.75) is 12.6 Å². The highest BCUT2D eigenvalue weighted by atomic mass is 16.3. The van der Waals surface area contributed by atoms with Crippen LogP contribution in [0.5, 0.6) is 0 Å². The number of hydrogen-bond acceptors (Lipinski definition) is 3. The van der Waals surface area contributed by atoms with Gasteiger partial charge < -0.3 is 10.2 Å². The second kappa shape index (κ2) is 3.36. The molecular formula is C12H15NO2. The van der Waals surface area contributed by atoms with E-state index in [-0.39, 0.29) is 0 Å². The van der Waals surface area contributed by atoms with Gasteiger partial charge in [-0.05, 0) is 19.5 Å². The van der Waals surface area contributed by atoms with Gasteiger partial charge in [-0.25, -0.2) is 0 Å². The maximum atomic E-state index is 10.3. The molecule has 0 saturated heterocycles. The first kappa shape index (κ1) is 10.2. The first-order valence-electron chi connectivity index (χ1n) is 4.94. The van der Waals surface area contributed by atoms with Crippen molar-refractivity contribution >= 4 is 5.57 Å². The molecule has 80 valence electrons. The predicted molar refractivity (Wildman–Crippen MR) is 59.2 cm³/mol. The van der Waals surface area contributed by atoms with Crippen molar-refractivity contribution in [1.29, 1.82) is 0 Å². The molecule has 1 unspecified atom stereocenters. The molecule has 2 rings (SSSR count). The molecule has 3 heteroatoms.